The van der Waals surface area contributed by atoms with Crippen molar-refractivity contribution in [2.75, 3.05) is 6.54 Å². The van der Waals surface area contributed by atoms with Crippen LogP contribution in [0.15, 0.2) is 36.4 Å². The van der Waals surface area contributed by atoms with E-state index in [9.17, 15) is 8.78 Å². The molecule has 4 heteroatoms. The lowest BCUT2D eigenvalue weighted by molar-refractivity contribution is 0.506. The van der Waals surface area contributed by atoms with Crippen LogP contribution < -0.4 is 5.32 Å². The van der Waals surface area contributed by atoms with Gasteiger partial charge in [-0.15, -0.1) is 0 Å². The first-order valence-electron chi connectivity index (χ1n) is 6.48. The van der Waals surface area contributed by atoms with E-state index in [4.69, 9.17) is 0 Å². The number of benzene rings is 2. The van der Waals surface area contributed by atoms with E-state index in [-0.39, 0.29) is 5.56 Å². The van der Waals surface area contributed by atoms with Gasteiger partial charge in [-0.2, -0.15) is 0 Å². The lowest BCUT2D eigenvalue weighted by Crippen LogP contribution is -2.24. The average Bonchev–Trinajstić information content (AvgIpc) is 2.43. The molecule has 1 nitrogen and oxygen atoms in total. The molecule has 2 rings (SSSR count). The van der Waals surface area contributed by atoms with Gasteiger partial charge in [0.25, 0.3) is 0 Å². The Bertz CT molecular complexity index is 596. The summed E-state index contributed by atoms with van der Waals surface area (Å²) in [6.07, 6.45) is 0. The van der Waals surface area contributed by atoms with Gasteiger partial charge >= 0.3 is 0 Å². The van der Waals surface area contributed by atoms with Crippen LogP contribution in [0.1, 0.15) is 29.7 Å². The molecule has 2 aromatic rings. The van der Waals surface area contributed by atoms with Crippen LogP contribution in [0.25, 0.3) is 0 Å². The maximum Gasteiger partial charge on any atom is 0.134 e. The highest BCUT2D eigenvalue weighted by molar-refractivity contribution is 14.1. The van der Waals surface area contributed by atoms with E-state index in [1.165, 1.54) is 12.1 Å². The molecule has 0 aliphatic heterocycles. The molecule has 1 atom stereocenters. The minimum absolute atomic E-state index is 0.0908. The van der Waals surface area contributed by atoms with E-state index >= 15 is 0 Å². The molecule has 0 bridgehead atoms. The van der Waals surface area contributed by atoms with Gasteiger partial charge in [-0.3, -0.25) is 0 Å². The summed E-state index contributed by atoms with van der Waals surface area (Å²) < 4.78 is 29.5. The standard InChI is InChI=1S/C16H16F2IN/c1-3-20-16(11-5-7-12(19)8-6-11)14-13(17)9-4-10(2)15(14)18/h4-9,16,20H,3H2,1-2H3. The molecule has 1 unspecified atom stereocenters. The molecule has 0 heterocycles. The van der Waals surface area contributed by atoms with E-state index in [1.807, 2.05) is 31.2 Å². The molecule has 0 amide bonds. The second-order valence-corrected chi connectivity index (χ2v) is 5.88. The fraction of sp³-hybridized carbons (Fsp3) is 0.250. The van der Waals surface area contributed by atoms with E-state index in [1.54, 1.807) is 6.92 Å². The van der Waals surface area contributed by atoms with Crippen LogP contribution in [-0.2, 0) is 0 Å². The lowest BCUT2D eigenvalue weighted by Gasteiger charge is -2.21. The minimum Gasteiger partial charge on any atom is -0.306 e. The number of nitrogens with one attached hydrogen (secondary N) is 1. The second kappa shape index (κ2) is 6.63. The largest absolute Gasteiger partial charge is 0.306 e. The molecule has 0 aliphatic rings. The molecule has 0 spiro atoms. The summed E-state index contributed by atoms with van der Waals surface area (Å²) in [5.74, 6) is -0.993. The van der Waals surface area contributed by atoms with E-state index in [2.05, 4.69) is 27.9 Å². The summed E-state index contributed by atoms with van der Waals surface area (Å²) in [5.41, 5.74) is 1.40. The van der Waals surface area contributed by atoms with E-state index in [0.717, 1.165) is 9.13 Å². The van der Waals surface area contributed by atoms with E-state index < -0.39 is 17.7 Å². The Morgan fingerprint density at radius 3 is 2.35 bits per heavy atom. The Hall–Kier alpha value is -1.01. The quantitative estimate of drug-likeness (QED) is 0.758. The first-order valence-corrected chi connectivity index (χ1v) is 7.55. The Labute approximate surface area is 131 Å². The van der Waals surface area contributed by atoms with Gasteiger partial charge in [-0.05, 0) is 65.4 Å². The number of hydrogen-bond donors (Lipinski definition) is 1. The fourth-order valence-corrected chi connectivity index (χ4v) is 2.55. The van der Waals surface area contributed by atoms with Crippen molar-refractivity contribution >= 4 is 22.6 Å². The molecule has 106 valence electrons. The van der Waals surface area contributed by atoms with Crippen molar-refractivity contribution in [3.63, 3.8) is 0 Å². The highest BCUT2D eigenvalue weighted by atomic mass is 127. The Balaban J connectivity index is 2.54. The molecule has 0 fully saturated rings. The third kappa shape index (κ3) is 3.17. The average molecular weight is 387 g/mol. The highest BCUT2D eigenvalue weighted by Crippen LogP contribution is 2.29. The summed E-state index contributed by atoms with van der Waals surface area (Å²) in [4.78, 5) is 0. The first kappa shape index (κ1) is 15.4. The molecule has 0 aromatic heterocycles. The smallest absolute Gasteiger partial charge is 0.134 e. The Morgan fingerprint density at radius 1 is 1.10 bits per heavy atom. The van der Waals surface area contributed by atoms with Crippen molar-refractivity contribution in [3.05, 3.63) is 68.3 Å². The van der Waals surface area contributed by atoms with E-state index in [0.29, 0.717) is 12.1 Å². The zero-order valence-corrected chi connectivity index (χ0v) is 13.5. The third-order valence-electron chi connectivity index (χ3n) is 3.22. The maximum absolute atomic E-state index is 14.3. The molecule has 0 saturated heterocycles. The van der Waals surface area contributed by atoms with Gasteiger partial charge in [0.15, 0.2) is 0 Å². The first-order chi connectivity index (χ1) is 9.54. The Kier molecular flexibility index (Phi) is 5.10. The summed E-state index contributed by atoms with van der Waals surface area (Å²) in [5, 5.41) is 3.16. The van der Waals surface area contributed by atoms with Crippen molar-refractivity contribution in [2.24, 2.45) is 0 Å². The summed E-state index contributed by atoms with van der Waals surface area (Å²) in [6.45, 7) is 4.20. The highest BCUT2D eigenvalue weighted by Gasteiger charge is 2.22. The lowest BCUT2D eigenvalue weighted by atomic mass is 9.96. The van der Waals surface area contributed by atoms with Gasteiger partial charge in [0, 0.05) is 9.13 Å². The molecular weight excluding hydrogens is 371 g/mol. The van der Waals surface area contributed by atoms with Crippen LogP contribution in [0.4, 0.5) is 8.78 Å². The van der Waals surface area contributed by atoms with Gasteiger partial charge < -0.3 is 5.32 Å². The zero-order chi connectivity index (χ0) is 14.7. The van der Waals surface area contributed by atoms with Crippen LogP contribution in [0, 0.1) is 22.1 Å². The van der Waals surface area contributed by atoms with Crippen molar-refractivity contribution in [3.8, 4) is 0 Å². The predicted molar refractivity (Wildman–Crippen MR) is 85.8 cm³/mol. The topological polar surface area (TPSA) is 12.0 Å². The van der Waals surface area contributed by atoms with Crippen molar-refractivity contribution < 1.29 is 8.78 Å². The normalized spacial score (nSPS) is 12.4. The van der Waals surface area contributed by atoms with Crippen LogP contribution >= 0.6 is 22.6 Å². The van der Waals surface area contributed by atoms with Crippen LogP contribution in [-0.4, -0.2) is 6.54 Å². The van der Waals surface area contributed by atoms with Crippen LogP contribution in [0.2, 0.25) is 0 Å². The third-order valence-corrected chi connectivity index (χ3v) is 3.94. The monoisotopic (exact) mass is 387 g/mol. The van der Waals surface area contributed by atoms with Crippen LogP contribution in [0.3, 0.4) is 0 Å². The van der Waals surface area contributed by atoms with Crippen molar-refractivity contribution in [1.82, 2.24) is 5.32 Å². The maximum atomic E-state index is 14.3. The number of rotatable bonds is 4. The molecule has 20 heavy (non-hydrogen) atoms. The zero-order valence-electron chi connectivity index (χ0n) is 11.4. The minimum atomic E-state index is -0.516. The van der Waals surface area contributed by atoms with Crippen LogP contribution in [0.5, 0.6) is 0 Å². The van der Waals surface area contributed by atoms with Crippen molar-refractivity contribution in [1.29, 1.82) is 0 Å². The van der Waals surface area contributed by atoms with Gasteiger partial charge in [0.05, 0.1) is 6.04 Å². The summed E-state index contributed by atoms with van der Waals surface area (Å²) >= 11 is 2.21. The van der Waals surface area contributed by atoms with Crippen molar-refractivity contribution in [2.45, 2.75) is 19.9 Å². The molecule has 0 aliphatic carbocycles. The van der Waals surface area contributed by atoms with Gasteiger partial charge in [-0.25, -0.2) is 8.78 Å². The summed E-state index contributed by atoms with van der Waals surface area (Å²) in [7, 11) is 0. The number of halogens is 3. The molecule has 1 N–H and O–H groups in total. The molecule has 0 saturated carbocycles. The fourth-order valence-electron chi connectivity index (χ4n) is 2.19. The molecular formula is C16H16F2IN. The molecule has 2 aromatic carbocycles. The predicted octanol–water partition coefficient (Wildman–Crippen LogP) is 4.58. The number of hydrogen-bond acceptors (Lipinski definition) is 1. The van der Waals surface area contributed by atoms with Gasteiger partial charge in [0.1, 0.15) is 11.6 Å². The molecule has 0 radical (unpaired) electrons. The number of aryl methyl sites for hydroxylation is 1. The SMILES string of the molecule is CCNC(c1ccc(I)cc1)c1c(F)ccc(C)c1F. The second-order valence-electron chi connectivity index (χ2n) is 4.63. The van der Waals surface area contributed by atoms with Gasteiger partial charge in [0.2, 0.25) is 0 Å². The Morgan fingerprint density at radius 2 is 1.75 bits per heavy atom. The van der Waals surface area contributed by atoms with Gasteiger partial charge in [-0.1, -0.05) is 25.1 Å². The summed E-state index contributed by atoms with van der Waals surface area (Å²) in [6, 6.07) is 9.98.